The summed E-state index contributed by atoms with van der Waals surface area (Å²) in [6.07, 6.45) is 6.80. The fourth-order valence-electron chi connectivity index (χ4n) is 5.03. The largest absolute Gasteiger partial charge is 0.495 e. The molecular formula is C25H38N4O4. The summed E-state index contributed by atoms with van der Waals surface area (Å²) in [4.78, 5) is 42.6. The number of amides is 3. The minimum Gasteiger partial charge on any atom is -0.495 e. The summed E-state index contributed by atoms with van der Waals surface area (Å²) in [6.45, 7) is 6.32. The molecule has 8 nitrogen and oxygen atoms in total. The van der Waals surface area contributed by atoms with Crippen LogP contribution in [0.5, 0.6) is 5.75 Å². The first-order chi connectivity index (χ1) is 16.0. The maximum absolute atomic E-state index is 13.3. The van der Waals surface area contributed by atoms with Gasteiger partial charge in [0.2, 0.25) is 0 Å². The van der Waals surface area contributed by atoms with Gasteiger partial charge in [-0.15, -0.1) is 0 Å². The summed E-state index contributed by atoms with van der Waals surface area (Å²) in [6, 6.07) is 5.36. The fraction of sp³-hybridized carbons (Fsp3) is 0.640. The predicted octanol–water partition coefficient (Wildman–Crippen LogP) is 3.16. The highest BCUT2D eigenvalue weighted by molar-refractivity contribution is 5.99. The number of carbonyl (C=O) groups excluding carboxylic acids is 3. The maximum atomic E-state index is 13.3. The van der Waals surface area contributed by atoms with Crippen molar-refractivity contribution in [3.63, 3.8) is 0 Å². The van der Waals surface area contributed by atoms with E-state index in [1.54, 1.807) is 18.2 Å². The van der Waals surface area contributed by atoms with Crippen LogP contribution in [0.4, 0.5) is 10.5 Å². The molecule has 0 unspecified atom stereocenters. The number of nitrogens with one attached hydrogen (secondary N) is 1. The molecule has 2 aliphatic rings. The number of likely N-dealkylation sites (tertiary alicyclic amines) is 2. The van der Waals surface area contributed by atoms with Gasteiger partial charge in [0.1, 0.15) is 12.0 Å². The van der Waals surface area contributed by atoms with E-state index in [1.165, 1.54) is 51.4 Å². The molecule has 1 aromatic rings. The van der Waals surface area contributed by atoms with Crippen LogP contribution >= 0.6 is 0 Å². The lowest BCUT2D eigenvalue weighted by atomic mass is 9.92. The molecule has 0 spiro atoms. The van der Waals surface area contributed by atoms with Crippen molar-refractivity contribution in [2.24, 2.45) is 5.92 Å². The Morgan fingerprint density at radius 1 is 1.15 bits per heavy atom. The third-order valence-corrected chi connectivity index (χ3v) is 7.14. The number of benzene rings is 1. The molecule has 2 fully saturated rings. The Bertz CT molecular complexity index is 815. The SMILES string of the molecule is CCC1CCN(C2CCN(C(=O)c3ccc(OC)c(N(CCC=O)C(=O)NC)c3)CC2)CC1. The van der Waals surface area contributed by atoms with E-state index < -0.39 is 0 Å². The van der Waals surface area contributed by atoms with Crippen molar-refractivity contribution >= 4 is 23.9 Å². The normalized spacial score (nSPS) is 18.1. The molecule has 2 saturated heterocycles. The van der Waals surface area contributed by atoms with Gasteiger partial charge < -0.3 is 24.6 Å². The quantitative estimate of drug-likeness (QED) is 0.605. The number of carbonyl (C=O) groups is 3. The van der Waals surface area contributed by atoms with Gasteiger partial charge in [0.05, 0.1) is 12.8 Å². The van der Waals surface area contributed by atoms with Gasteiger partial charge in [0.25, 0.3) is 5.91 Å². The Hall–Kier alpha value is -2.61. The van der Waals surface area contributed by atoms with Crippen LogP contribution in [0.1, 0.15) is 55.8 Å². The molecule has 0 atom stereocenters. The summed E-state index contributed by atoms with van der Waals surface area (Å²) in [7, 11) is 3.06. The third-order valence-electron chi connectivity index (χ3n) is 7.14. The highest BCUT2D eigenvalue weighted by Gasteiger charge is 2.30. The number of rotatable bonds is 8. The number of nitrogens with zero attached hydrogens (tertiary/aromatic N) is 3. The Balaban J connectivity index is 1.68. The minimum absolute atomic E-state index is 0.0331. The molecule has 33 heavy (non-hydrogen) atoms. The Morgan fingerprint density at radius 2 is 1.85 bits per heavy atom. The summed E-state index contributed by atoms with van der Waals surface area (Å²) >= 11 is 0. The Labute approximate surface area is 197 Å². The van der Waals surface area contributed by atoms with Crippen LogP contribution in [0.15, 0.2) is 18.2 Å². The van der Waals surface area contributed by atoms with E-state index in [0.717, 1.165) is 38.1 Å². The second-order valence-corrected chi connectivity index (χ2v) is 8.96. The van der Waals surface area contributed by atoms with Gasteiger partial charge in [-0.1, -0.05) is 13.3 Å². The van der Waals surface area contributed by atoms with E-state index >= 15 is 0 Å². The highest BCUT2D eigenvalue weighted by Crippen LogP contribution is 2.31. The molecule has 2 heterocycles. The number of hydrogen-bond acceptors (Lipinski definition) is 5. The van der Waals surface area contributed by atoms with Crippen LogP contribution in [-0.4, -0.2) is 80.9 Å². The van der Waals surface area contributed by atoms with E-state index in [1.807, 2.05) is 4.90 Å². The monoisotopic (exact) mass is 458 g/mol. The van der Waals surface area contributed by atoms with Crippen LogP contribution in [0.3, 0.4) is 0 Å². The first-order valence-electron chi connectivity index (χ1n) is 12.2. The molecule has 0 aromatic heterocycles. The average molecular weight is 459 g/mol. The van der Waals surface area contributed by atoms with Gasteiger partial charge in [-0.25, -0.2) is 4.79 Å². The lowest BCUT2D eigenvalue weighted by Gasteiger charge is -2.41. The van der Waals surface area contributed by atoms with E-state index in [4.69, 9.17) is 4.74 Å². The zero-order valence-electron chi connectivity index (χ0n) is 20.2. The molecule has 3 amide bonds. The third kappa shape index (κ3) is 6.05. The van der Waals surface area contributed by atoms with Crippen LogP contribution < -0.4 is 15.0 Å². The van der Waals surface area contributed by atoms with Gasteiger partial charge >= 0.3 is 6.03 Å². The van der Waals surface area contributed by atoms with Crippen molar-refractivity contribution < 1.29 is 19.1 Å². The first kappa shape index (κ1) is 25.0. The van der Waals surface area contributed by atoms with Crippen molar-refractivity contribution in [1.82, 2.24) is 15.1 Å². The van der Waals surface area contributed by atoms with E-state index in [-0.39, 0.29) is 24.9 Å². The zero-order chi connectivity index (χ0) is 23.8. The number of aldehydes is 1. The molecular weight excluding hydrogens is 420 g/mol. The smallest absolute Gasteiger partial charge is 0.321 e. The number of ether oxygens (including phenoxy) is 1. The topological polar surface area (TPSA) is 82.2 Å². The van der Waals surface area contributed by atoms with Gasteiger partial charge in [0.15, 0.2) is 0 Å². The van der Waals surface area contributed by atoms with Crippen molar-refractivity contribution in [3.05, 3.63) is 23.8 Å². The molecule has 0 radical (unpaired) electrons. The van der Waals surface area contributed by atoms with Crippen molar-refractivity contribution in [2.75, 3.05) is 51.8 Å². The molecule has 0 bridgehead atoms. The van der Waals surface area contributed by atoms with Crippen LogP contribution in [0.25, 0.3) is 0 Å². The standard InChI is InChI=1S/C25H38N4O4/c1-4-19-8-13-27(14-9-19)21-10-15-28(16-11-21)24(31)20-6-7-23(33-3)22(18-20)29(12-5-17-30)25(32)26-2/h6-7,17-19,21H,4-5,8-16H2,1-3H3,(H,26,32). The molecule has 8 heteroatoms. The molecule has 0 aliphatic carbocycles. The zero-order valence-corrected chi connectivity index (χ0v) is 20.2. The molecule has 3 rings (SSSR count). The highest BCUT2D eigenvalue weighted by atomic mass is 16.5. The molecule has 2 aliphatic heterocycles. The van der Waals surface area contributed by atoms with Gasteiger partial charge in [-0.3, -0.25) is 9.69 Å². The number of urea groups is 1. The number of piperidine rings is 2. The molecule has 0 saturated carbocycles. The van der Waals surface area contributed by atoms with Crippen molar-refractivity contribution in [2.45, 2.75) is 51.5 Å². The van der Waals surface area contributed by atoms with Crippen LogP contribution in [0, 0.1) is 5.92 Å². The number of methoxy groups -OCH3 is 1. The lowest BCUT2D eigenvalue weighted by Crippen LogP contribution is -2.49. The summed E-state index contributed by atoms with van der Waals surface area (Å²) in [5, 5.41) is 2.59. The average Bonchev–Trinajstić information content (AvgIpc) is 2.88. The van der Waals surface area contributed by atoms with E-state index in [0.29, 0.717) is 23.0 Å². The van der Waals surface area contributed by atoms with Crippen LogP contribution in [0.2, 0.25) is 0 Å². The van der Waals surface area contributed by atoms with Crippen molar-refractivity contribution in [1.29, 1.82) is 0 Å². The Kier molecular flexibility index (Phi) is 9.11. The van der Waals surface area contributed by atoms with Crippen LogP contribution in [-0.2, 0) is 4.79 Å². The number of anilines is 1. The number of hydrogen-bond donors (Lipinski definition) is 1. The van der Waals surface area contributed by atoms with E-state index in [9.17, 15) is 14.4 Å². The second kappa shape index (κ2) is 12.0. The minimum atomic E-state index is -0.354. The summed E-state index contributed by atoms with van der Waals surface area (Å²) < 4.78 is 5.44. The Morgan fingerprint density at radius 3 is 2.42 bits per heavy atom. The lowest BCUT2D eigenvalue weighted by molar-refractivity contribution is -0.107. The van der Waals surface area contributed by atoms with Gasteiger partial charge in [-0.05, 0) is 62.9 Å². The molecule has 1 N–H and O–H groups in total. The fourth-order valence-corrected chi connectivity index (χ4v) is 5.03. The summed E-state index contributed by atoms with van der Waals surface area (Å²) in [5.41, 5.74) is 1.01. The first-order valence-corrected chi connectivity index (χ1v) is 12.2. The molecule has 182 valence electrons. The van der Waals surface area contributed by atoms with Gasteiger partial charge in [-0.2, -0.15) is 0 Å². The van der Waals surface area contributed by atoms with E-state index in [2.05, 4.69) is 17.1 Å². The summed E-state index contributed by atoms with van der Waals surface area (Å²) in [5.74, 6) is 1.32. The molecule has 1 aromatic carbocycles. The second-order valence-electron chi connectivity index (χ2n) is 8.96. The van der Waals surface area contributed by atoms with Gasteiger partial charge in [0, 0.05) is 44.7 Å². The van der Waals surface area contributed by atoms with Crippen molar-refractivity contribution in [3.8, 4) is 5.75 Å². The predicted molar refractivity (Wildman–Crippen MR) is 129 cm³/mol. The maximum Gasteiger partial charge on any atom is 0.321 e.